The maximum Gasteiger partial charge on any atom is 0.413 e. The molecule has 0 saturated carbocycles. The Balaban J connectivity index is 1.26. The number of amides is 3. The zero-order valence-electron chi connectivity index (χ0n) is 37.8. The Bertz CT molecular complexity index is 2600. The number of nitrogens with zero attached hydrogens (tertiary/aromatic N) is 5. The van der Waals surface area contributed by atoms with Crippen molar-refractivity contribution in [3.05, 3.63) is 55.3 Å². The van der Waals surface area contributed by atoms with Crippen molar-refractivity contribution >= 4 is 82.6 Å². The van der Waals surface area contributed by atoms with E-state index in [2.05, 4.69) is 20.8 Å². The van der Waals surface area contributed by atoms with E-state index < -0.39 is 91.7 Å². The largest absolute Gasteiger partial charge is 0.539 e. The number of quaternary nitrogens is 1. The van der Waals surface area contributed by atoms with E-state index in [1.165, 1.54) is 43.9 Å². The molecular formula is C41H53BN7O14S2+. The zero-order valence-corrected chi connectivity index (χ0v) is 39.4. The maximum absolute atomic E-state index is 14.2. The summed E-state index contributed by atoms with van der Waals surface area (Å²) in [6, 6.07) is 0.819. The predicted molar refractivity (Wildman–Crippen MR) is 240 cm³/mol. The number of carbonyl (C=O) groups excluding carboxylic acids is 5. The maximum atomic E-state index is 14.2. The van der Waals surface area contributed by atoms with Crippen molar-refractivity contribution in [3.8, 4) is 11.5 Å². The second-order valence-corrected chi connectivity index (χ2v) is 20.8. The van der Waals surface area contributed by atoms with E-state index in [1.54, 1.807) is 41.5 Å². The van der Waals surface area contributed by atoms with Gasteiger partial charge in [0.15, 0.2) is 22.3 Å². The number of likely N-dealkylation sites (tertiary alicyclic amines) is 1. The van der Waals surface area contributed by atoms with Crippen LogP contribution in [0.5, 0.6) is 11.5 Å². The van der Waals surface area contributed by atoms with Gasteiger partial charge < -0.3 is 43.5 Å². The number of benzene rings is 1. The molecule has 3 atom stereocenters. The van der Waals surface area contributed by atoms with Crippen LogP contribution in [-0.2, 0) is 44.7 Å². The van der Waals surface area contributed by atoms with Gasteiger partial charge in [0.25, 0.3) is 17.4 Å². The van der Waals surface area contributed by atoms with Crippen LogP contribution in [0.1, 0.15) is 80.8 Å². The molecule has 350 valence electrons. The monoisotopic (exact) mass is 942 g/mol. The summed E-state index contributed by atoms with van der Waals surface area (Å²) >= 11 is 2.29. The molecule has 3 aliphatic rings. The third-order valence-corrected chi connectivity index (χ3v) is 12.9. The fraction of sp³-hybridized carbons (Fsp3) is 0.537. The third-order valence-electron chi connectivity index (χ3n) is 10.7. The molecule has 0 bridgehead atoms. The molecule has 3 aliphatic heterocycles. The van der Waals surface area contributed by atoms with E-state index in [-0.39, 0.29) is 40.4 Å². The molecule has 2 aromatic heterocycles. The number of esters is 1. The molecule has 2 saturated heterocycles. The van der Waals surface area contributed by atoms with E-state index in [0.717, 1.165) is 41.1 Å². The second kappa shape index (κ2) is 18.2. The van der Waals surface area contributed by atoms with Crippen LogP contribution in [0, 0.1) is 0 Å². The molecule has 21 nitrogen and oxygen atoms in total. The van der Waals surface area contributed by atoms with Crippen LogP contribution < -0.4 is 21.8 Å². The average Bonchev–Trinajstić information content (AvgIpc) is 3.87. The van der Waals surface area contributed by atoms with Crippen molar-refractivity contribution in [2.75, 3.05) is 31.5 Å². The lowest BCUT2D eigenvalue weighted by molar-refractivity contribution is -0.913. The molecule has 24 heteroatoms. The van der Waals surface area contributed by atoms with Gasteiger partial charge >= 0.3 is 31.7 Å². The number of anilines is 1. The predicted octanol–water partition coefficient (Wildman–Crippen LogP) is 2.46. The molecule has 0 radical (unpaired) electrons. The van der Waals surface area contributed by atoms with E-state index in [4.69, 9.17) is 23.5 Å². The van der Waals surface area contributed by atoms with Crippen molar-refractivity contribution in [2.24, 2.45) is 5.16 Å². The summed E-state index contributed by atoms with van der Waals surface area (Å²) in [5.41, 5.74) is -4.77. The standard InChI is InChI=1S/C41H52BN7O14S2/c1-20-23(18-49(13-10-11-14-49)15-12-47-31(53)21-16-25(50)26(51)17-22(21)34(55)62-47)29(35(56)61-42)48-32(54)28(33(48)65-20)44-30(52)27(46-63-41(8,9)36(57)59-39(2,3)4)24-19-64-37(43-24)45-38(58)60-40(5,6)7/h16-17,19-20,28,33H,10-15,18,42H2,1-9H3,(H3-,43,44,45,46,50,51,52,53,55,58)/p+1/t20-,28+,33+/m0/s1. The number of aromatic nitrogens is 2. The van der Waals surface area contributed by atoms with Gasteiger partial charge in [-0.2, -0.15) is 4.74 Å². The smallest absolute Gasteiger partial charge is 0.413 e. The van der Waals surface area contributed by atoms with Crippen molar-refractivity contribution < 1.29 is 62.2 Å². The molecule has 0 spiro atoms. The Kier molecular flexibility index (Phi) is 13.6. The molecular weight excluding hydrogens is 889 g/mol. The number of thioether (sulfide) groups is 1. The average molecular weight is 943 g/mol. The van der Waals surface area contributed by atoms with Gasteiger partial charge in [0.2, 0.25) is 5.60 Å². The van der Waals surface area contributed by atoms with Crippen molar-refractivity contribution in [3.63, 3.8) is 0 Å². The Morgan fingerprint density at radius 1 is 0.985 bits per heavy atom. The van der Waals surface area contributed by atoms with Crippen LogP contribution in [0.15, 0.2) is 48.1 Å². The Hall–Kier alpha value is -5.88. The number of fused-ring (bicyclic) bond motifs is 2. The number of oxime groups is 1. The van der Waals surface area contributed by atoms with Crippen LogP contribution in [0.3, 0.4) is 0 Å². The molecule has 2 fully saturated rings. The number of β-lactam (4-membered cyclic amide) rings is 1. The number of rotatable bonds is 13. The number of phenolic OH excluding ortho intramolecular Hbond substituents is 2. The van der Waals surface area contributed by atoms with Crippen molar-refractivity contribution in [1.29, 1.82) is 0 Å². The molecule has 3 aromatic rings. The highest BCUT2D eigenvalue weighted by molar-refractivity contribution is 8.00. The molecule has 1 aromatic carbocycles. The minimum absolute atomic E-state index is 0.0297. The summed E-state index contributed by atoms with van der Waals surface area (Å²) in [6.07, 6.45) is 0.855. The minimum atomic E-state index is -1.69. The lowest BCUT2D eigenvalue weighted by atomic mass is 9.99. The highest BCUT2D eigenvalue weighted by Crippen LogP contribution is 2.45. The molecule has 0 aliphatic carbocycles. The number of nitrogens with one attached hydrogen (secondary N) is 2. The number of thiazole rings is 1. The van der Waals surface area contributed by atoms with Gasteiger partial charge in [-0.15, -0.1) is 23.1 Å². The number of carbonyl (C=O) groups is 5. The zero-order chi connectivity index (χ0) is 48.0. The molecule has 5 heterocycles. The third kappa shape index (κ3) is 10.6. The summed E-state index contributed by atoms with van der Waals surface area (Å²) < 4.78 is 22.6. The summed E-state index contributed by atoms with van der Waals surface area (Å²) in [5, 5.41) is 29.2. The van der Waals surface area contributed by atoms with Gasteiger partial charge in [-0.25, -0.2) is 24.2 Å². The topological polar surface area (TPSA) is 267 Å². The van der Waals surface area contributed by atoms with Crippen LogP contribution >= 0.6 is 23.1 Å². The Labute approximate surface area is 382 Å². The quantitative estimate of drug-likeness (QED) is 0.0365. The van der Waals surface area contributed by atoms with Crippen molar-refractivity contribution in [2.45, 2.75) is 115 Å². The summed E-state index contributed by atoms with van der Waals surface area (Å²) in [4.78, 5) is 105. The van der Waals surface area contributed by atoms with Gasteiger partial charge in [0.05, 0.1) is 23.9 Å². The Morgan fingerprint density at radius 3 is 2.23 bits per heavy atom. The Morgan fingerprint density at radius 2 is 1.62 bits per heavy atom. The second-order valence-electron chi connectivity index (χ2n) is 18.5. The van der Waals surface area contributed by atoms with E-state index in [1.807, 2.05) is 6.92 Å². The van der Waals surface area contributed by atoms with E-state index in [0.29, 0.717) is 29.7 Å². The minimum Gasteiger partial charge on any atom is -0.539 e. The molecule has 6 rings (SSSR count). The van der Waals surface area contributed by atoms with Crippen LogP contribution in [0.4, 0.5) is 9.93 Å². The first kappa shape index (κ1) is 48.6. The number of phenols is 2. The molecule has 65 heavy (non-hydrogen) atoms. The SMILES string of the molecule is BOC(=O)C1=C(C[N+]2(CCn3oc(=O)c4cc(O)c(O)cc4c3=O)CCCC2)[C@H](C)S[C@@H]2[C@H](NC(=O)/C(=N\OC(C)(C)C(=O)OC(C)(C)C)c3csc(NC(=O)OC(C)(C)C)n3)C(=O)N12. The highest BCUT2D eigenvalue weighted by Gasteiger charge is 2.57. The molecule has 4 N–H and O–H groups in total. The van der Waals surface area contributed by atoms with Crippen LogP contribution in [0.25, 0.3) is 10.8 Å². The molecule has 3 amide bonds. The number of aromatic hydroxyl groups is 2. The first-order chi connectivity index (χ1) is 30.2. The number of hydrogen-bond donors (Lipinski definition) is 4. The number of ether oxygens (including phenoxy) is 2. The van der Waals surface area contributed by atoms with Crippen LogP contribution in [0.2, 0.25) is 0 Å². The van der Waals surface area contributed by atoms with E-state index in [9.17, 15) is 43.8 Å². The fourth-order valence-corrected chi connectivity index (χ4v) is 9.63. The van der Waals surface area contributed by atoms with E-state index >= 15 is 0 Å². The molecule has 0 unspecified atom stereocenters. The summed E-state index contributed by atoms with van der Waals surface area (Å²) in [5.74, 6) is -4.20. The normalized spacial score (nSPS) is 19.9. The van der Waals surface area contributed by atoms with Gasteiger partial charge in [-0.3, -0.25) is 24.6 Å². The lowest BCUT2D eigenvalue weighted by Gasteiger charge is -2.52. The van der Waals surface area contributed by atoms with Gasteiger partial charge in [-0.05, 0) is 74.4 Å². The van der Waals surface area contributed by atoms with Crippen LogP contribution in [-0.4, -0.2) is 133 Å². The fourth-order valence-electron chi connectivity index (χ4n) is 7.51. The van der Waals surface area contributed by atoms with Gasteiger partial charge in [0, 0.05) is 29.0 Å². The summed E-state index contributed by atoms with van der Waals surface area (Å²) in [7, 11) is 1.20. The highest BCUT2D eigenvalue weighted by atomic mass is 32.2. The van der Waals surface area contributed by atoms with Gasteiger partial charge in [-0.1, -0.05) is 5.16 Å². The first-order valence-corrected chi connectivity index (χ1v) is 22.6. The van der Waals surface area contributed by atoms with Gasteiger partial charge in [0.1, 0.15) is 53.6 Å². The number of hydrogen-bond acceptors (Lipinski definition) is 18. The first-order valence-electron chi connectivity index (χ1n) is 20.7. The summed E-state index contributed by atoms with van der Waals surface area (Å²) in [6.45, 7) is 16.6. The van der Waals surface area contributed by atoms with Crippen molar-refractivity contribution in [1.82, 2.24) is 19.9 Å². The lowest BCUT2D eigenvalue weighted by Crippen LogP contribution is -2.72.